The lowest BCUT2D eigenvalue weighted by Crippen LogP contribution is -2.56. The van der Waals surface area contributed by atoms with Crippen LogP contribution in [0, 0.1) is 13.8 Å². The molecular formula is C23H12Cl2F18. The largest absolute Gasteiger partial charge is 0.420 e. The van der Waals surface area contributed by atoms with E-state index in [0.29, 0.717) is 13.8 Å². The molecule has 0 aromatic heterocycles. The lowest BCUT2D eigenvalue weighted by Gasteiger charge is -2.41. The van der Waals surface area contributed by atoms with Gasteiger partial charge < -0.3 is 0 Å². The molecule has 244 valence electrons. The number of aryl methyl sites for hydroxylation is 2. The molecule has 0 nitrogen and oxygen atoms in total. The van der Waals surface area contributed by atoms with Crippen LogP contribution in [-0.4, -0.2) is 37.1 Å². The topological polar surface area (TPSA) is 0 Å². The summed E-state index contributed by atoms with van der Waals surface area (Å²) in [7, 11) is 0. The number of alkyl halides is 20. The van der Waals surface area contributed by atoms with Crippen molar-refractivity contribution >= 4 is 23.2 Å². The summed E-state index contributed by atoms with van der Waals surface area (Å²) in [4.78, 5) is -11.2. The van der Waals surface area contributed by atoms with Crippen molar-refractivity contribution in [1.29, 1.82) is 0 Å². The van der Waals surface area contributed by atoms with Crippen LogP contribution in [0.2, 0.25) is 0 Å². The zero-order chi connectivity index (χ0) is 34.2. The van der Waals surface area contributed by atoms with E-state index in [1.807, 2.05) is 0 Å². The van der Waals surface area contributed by atoms with Gasteiger partial charge in [-0.05, 0) is 47.2 Å². The van der Waals surface area contributed by atoms with Crippen molar-refractivity contribution in [3.63, 3.8) is 0 Å². The fourth-order valence-corrected chi connectivity index (χ4v) is 4.77. The van der Waals surface area contributed by atoms with Crippen LogP contribution >= 0.6 is 23.2 Å². The summed E-state index contributed by atoms with van der Waals surface area (Å²) in [6.45, 7) is 0.824. The fraction of sp³-hybridized carbons (Fsp3) is 0.478. The van der Waals surface area contributed by atoms with E-state index in [1.54, 1.807) is 0 Å². The molecule has 0 unspecified atom stereocenters. The molecule has 0 spiro atoms. The minimum absolute atomic E-state index is 0.0438. The lowest BCUT2D eigenvalue weighted by molar-refractivity contribution is -0.288. The van der Waals surface area contributed by atoms with Crippen LogP contribution in [-0.2, 0) is 15.2 Å². The Labute approximate surface area is 238 Å². The van der Waals surface area contributed by atoms with Crippen LogP contribution in [0.3, 0.4) is 0 Å². The van der Waals surface area contributed by atoms with Gasteiger partial charge in [-0.15, -0.1) is 0 Å². The monoisotopic (exact) mass is 700 g/mol. The molecular weight excluding hydrogens is 689 g/mol. The second-order valence-corrected chi connectivity index (χ2v) is 10.2. The fourth-order valence-electron chi connectivity index (χ4n) is 4.37. The highest BCUT2D eigenvalue weighted by molar-refractivity contribution is 6.25. The van der Waals surface area contributed by atoms with Gasteiger partial charge in [-0.1, -0.05) is 59.6 Å². The number of hydrogen-bond donors (Lipinski definition) is 0. The highest BCUT2D eigenvalue weighted by Crippen LogP contribution is 2.61. The number of halogens is 20. The van der Waals surface area contributed by atoms with E-state index in [-0.39, 0.29) is 24.3 Å². The third kappa shape index (κ3) is 5.47. The van der Waals surface area contributed by atoms with Crippen molar-refractivity contribution in [3.05, 3.63) is 69.8 Å². The van der Waals surface area contributed by atoms with Crippen LogP contribution < -0.4 is 0 Å². The molecule has 0 saturated carbocycles. The van der Waals surface area contributed by atoms with Gasteiger partial charge in [0.2, 0.25) is 5.41 Å². The molecule has 0 fully saturated rings. The molecule has 0 atom stereocenters. The molecule has 43 heavy (non-hydrogen) atoms. The third-order valence-corrected chi connectivity index (χ3v) is 7.76. The first kappa shape index (κ1) is 36.9. The smallest absolute Gasteiger partial charge is 0.169 e. The van der Waals surface area contributed by atoms with Gasteiger partial charge in [0.1, 0.15) is 0 Å². The number of hydrogen-bond acceptors (Lipinski definition) is 0. The van der Waals surface area contributed by atoms with Gasteiger partial charge in [-0.3, -0.25) is 0 Å². The SMILES string of the molecule is Cc1ccc(C(c2ccc(C)c(C(Cl)(C(F)(F)F)C(F)(F)F)c2)(C(F)(F)F)C(F)(F)F)cc1C(Cl)(C(F)(F)F)C(F)(F)F. The van der Waals surface area contributed by atoms with E-state index in [1.165, 1.54) is 0 Å². The Morgan fingerprint density at radius 1 is 0.395 bits per heavy atom. The zero-order valence-electron chi connectivity index (χ0n) is 20.5. The van der Waals surface area contributed by atoms with Gasteiger partial charge in [0.25, 0.3) is 9.75 Å². The predicted molar refractivity (Wildman–Crippen MR) is 115 cm³/mol. The van der Waals surface area contributed by atoms with Crippen molar-refractivity contribution in [2.24, 2.45) is 0 Å². The van der Waals surface area contributed by atoms with Gasteiger partial charge in [-0.2, -0.15) is 79.0 Å². The summed E-state index contributed by atoms with van der Waals surface area (Å²) in [5, 5.41) is 0. The van der Waals surface area contributed by atoms with Crippen molar-refractivity contribution in [2.75, 3.05) is 0 Å². The third-order valence-electron chi connectivity index (χ3n) is 6.50. The van der Waals surface area contributed by atoms with Crippen LogP contribution in [0.5, 0.6) is 0 Å². The van der Waals surface area contributed by atoms with Crippen LogP contribution in [0.1, 0.15) is 33.4 Å². The normalized spacial score (nSPS) is 15.2. The Morgan fingerprint density at radius 3 is 0.814 bits per heavy atom. The molecule has 20 heteroatoms. The first-order chi connectivity index (χ1) is 18.7. The lowest BCUT2D eigenvalue weighted by atomic mass is 9.70. The molecule has 0 aliphatic rings. The molecule has 0 bridgehead atoms. The maximum atomic E-state index is 14.6. The molecule has 0 N–H and O–H groups in total. The van der Waals surface area contributed by atoms with Crippen molar-refractivity contribution < 1.29 is 79.0 Å². The molecule has 0 aliphatic heterocycles. The molecule has 2 aromatic rings. The number of rotatable bonds is 4. The first-order valence-corrected chi connectivity index (χ1v) is 11.5. The van der Waals surface area contributed by atoms with Gasteiger partial charge in [0.15, 0.2) is 0 Å². The first-order valence-electron chi connectivity index (χ1n) is 10.8. The quantitative estimate of drug-likeness (QED) is 0.220. The molecule has 0 saturated heterocycles. The summed E-state index contributed by atoms with van der Waals surface area (Å²) in [5.74, 6) is 0. The van der Waals surface area contributed by atoms with E-state index in [0.717, 1.165) is 0 Å². The minimum Gasteiger partial charge on any atom is -0.169 e. The molecule has 2 aromatic carbocycles. The van der Waals surface area contributed by atoms with E-state index in [4.69, 9.17) is 23.2 Å². The Bertz CT molecular complexity index is 1210. The van der Waals surface area contributed by atoms with Gasteiger partial charge in [0, 0.05) is 0 Å². The van der Waals surface area contributed by atoms with Crippen molar-refractivity contribution in [1.82, 2.24) is 0 Å². The van der Waals surface area contributed by atoms with E-state index in [2.05, 4.69) is 0 Å². The van der Waals surface area contributed by atoms with Gasteiger partial charge in [0.05, 0.1) is 0 Å². The Kier molecular flexibility index (Phi) is 8.94. The summed E-state index contributed by atoms with van der Waals surface area (Å²) < 4.78 is 251. The van der Waals surface area contributed by atoms with E-state index in [9.17, 15) is 79.0 Å². The second kappa shape index (κ2) is 10.4. The number of benzene rings is 2. The summed E-state index contributed by atoms with van der Waals surface area (Å²) in [6, 6.07) is -2.29. The highest BCUT2D eigenvalue weighted by atomic mass is 35.5. The molecule has 2 rings (SSSR count). The maximum absolute atomic E-state index is 14.6. The predicted octanol–water partition coefficient (Wildman–Crippen LogP) is 10.8. The molecule has 0 aliphatic carbocycles. The average molecular weight is 701 g/mol. The van der Waals surface area contributed by atoms with Crippen molar-refractivity contribution in [3.8, 4) is 0 Å². The van der Waals surface area contributed by atoms with Gasteiger partial charge in [-0.25, -0.2) is 0 Å². The second-order valence-electron chi connectivity index (χ2n) is 9.11. The summed E-state index contributed by atoms with van der Waals surface area (Å²) >= 11 is 9.69. The van der Waals surface area contributed by atoms with E-state index >= 15 is 0 Å². The summed E-state index contributed by atoms with van der Waals surface area (Å²) in [5.41, 5.74) is -18.0. The Hall–Kier alpha value is -2.24. The highest BCUT2D eigenvalue weighted by Gasteiger charge is 2.76. The Balaban J connectivity index is 3.27. The van der Waals surface area contributed by atoms with Gasteiger partial charge >= 0.3 is 37.1 Å². The standard InChI is InChI=1S/C23H12Cl2F18/c1-9-3-5-11(7-13(9)16(24,20(32,33)34)21(35,36)37)15(18(26,27)28,19(29,30)31)12-6-4-10(2)14(8-12)17(25,22(38,39)40)23(41,42)43/h3-8H,1-2H3. The van der Waals surface area contributed by atoms with Crippen LogP contribution in [0.15, 0.2) is 36.4 Å². The zero-order valence-corrected chi connectivity index (χ0v) is 22.0. The molecule has 0 heterocycles. The Morgan fingerprint density at radius 2 is 0.628 bits per heavy atom. The van der Waals surface area contributed by atoms with Crippen LogP contribution in [0.4, 0.5) is 79.0 Å². The maximum Gasteiger partial charge on any atom is 0.420 e. The van der Waals surface area contributed by atoms with Crippen molar-refractivity contribution in [2.45, 2.75) is 66.1 Å². The summed E-state index contributed by atoms with van der Waals surface area (Å²) in [6.07, 6.45) is -40.2. The van der Waals surface area contributed by atoms with E-state index < -0.39 is 97.7 Å². The molecule has 0 amide bonds. The minimum atomic E-state index is -6.89. The molecule has 0 radical (unpaired) electrons. The van der Waals surface area contributed by atoms with Crippen LogP contribution in [0.25, 0.3) is 0 Å². The average Bonchev–Trinajstić information content (AvgIpc) is 2.75.